The fourth-order valence-corrected chi connectivity index (χ4v) is 3.17. The zero-order valence-electron chi connectivity index (χ0n) is 12.9. The Morgan fingerprint density at radius 3 is 2.35 bits per heavy atom. The third kappa shape index (κ3) is 3.92. The average Bonchev–Trinajstić information content (AvgIpc) is 2.58. The molecule has 120 valence electrons. The molecule has 1 fully saturated rings. The highest BCUT2D eigenvalue weighted by Gasteiger charge is 2.37. The van der Waals surface area contributed by atoms with Crippen LogP contribution in [0.1, 0.15) is 24.0 Å². The van der Waals surface area contributed by atoms with Crippen molar-refractivity contribution >= 4 is 17.6 Å². The molecule has 1 aliphatic heterocycles. The van der Waals surface area contributed by atoms with Crippen LogP contribution in [0.15, 0.2) is 54.6 Å². The van der Waals surface area contributed by atoms with Gasteiger partial charge in [0.2, 0.25) is 0 Å². The summed E-state index contributed by atoms with van der Waals surface area (Å²) < 4.78 is 5.99. The van der Waals surface area contributed by atoms with E-state index in [-0.39, 0.29) is 12.4 Å². The molecule has 1 N–H and O–H groups in total. The van der Waals surface area contributed by atoms with E-state index >= 15 is 0 Å². The van der Waals surface area contributed by atoms with Crippen molar-refractivity contribution in [1.82, 2.24) is 5.32 Å². The van der Waals surface area contributed by atoms with Crippen LogP contribution in [0.25, 0.3) is 0 Å². The Morgan fingerprint density at radius 2 is 1.70 bits per heavy atom. The minimum Gasteiger partial charge on any atom is -0.454 e. The second-order valence-electron chi connectivity index (χ2n) is 5.89. The van der Waals surface area contributed by atoms with Crippen LogP contribution >= 0.6 is 11.6 Å². The van der Waals surface area contributed by atoms with Gasteiger partial charge < -0.3 is 10.1 Å². The van der Waals surface area contributed by atoms with Gasteiger partial charge in [0.1, 0.15) is 5.60 Å². The second kappa shape index (κ2) is 7.16. The summed E-state index contributed by atoms with van der Waals surface area (Å²) in [6, 6.07) is 17.4. The topological polar surface area (TPSA) is 38.3 Å². The Balaban J connectivity index is 1.76. The zero-order valence-corrected chi connectivity index (χ0v) is 13.7. The first-order chi connectivity index (χ1) is 11.2. The quantitative estimate of drug-likeness (QED) is 0.869. The third-order valence-electron chi connectivity index (χ3n) is 4.28. The van der Waals surface area contributed by atoms with Crippen molar-refractivity contribution in [3.05, 3.63) is 70.7 Å². The predicted octanol–water partition coefficient (Wildman–Crippen LogP) is 3.70. The Bertz CT molecular complexity index is 649. The largest absolute Gasteiger partial charge is 0.454 e. The highest BCUT2D eigenvalue weighted by molar-refractivity contribution is 6.30. The summed E-state index contributed by atoms with van der Waals surface area (Å²) in [7, 11) is 0. The number of hydrogen-bond acceptors (Lipinski definition) is 3. The molecule has 0 amide bonds. The molecule has 3 rings (SSSR count). The lowest BCUT2D eigenvalue weighted by Gasteiger charge is -2.37. The van der Waals surface area contributed by atoms with Crippen LogP contribution in [0, 0.1) is 0 Å². The maximum Gasteiger partial charge on any atom is 0.311 e. The van der Waals surface area contributed by atoms with Crippen molar-refractivity contribution in [3.8, 4) is 0 Å². The van der Waals surface area contributed by atoms with Crippen LogP contribution in [-0.2, 0) is 21.6 Å². The van der Waals surface area contributed by atoms with Crippen LogP contribution in [0.4, 0.5) is 0 Å². The molecule has 0 bridgehead atoms. The van der Waals surface area contributed by atoms with E-state index in [4.69, 9.17) is 16.3 Å². The summed E-state index contributed by atoms with van der Waals surface area (Å²) >= 11 is 5.88. The SMILES string of the molecule is O=C(Cc1ccc(Cl)cc1)OC1(c2ccccc2)CCNCC1. The Hall–Kier alpha value is -1.84. The van der Waals surface area contributed by atoms with E-state index in [2.05, 4.69) is 5.32 Å². The van der Waals surface area contributed by atoms with E-state index in [1.807, 2.05) is 42.5 Å². The summed E-state index contributed by atoms with van der Waals surface area (Å²) in [4.78, 5) is 12.5. The molecular weight excluding hydrogens is 310 g/mol. The van der Waals surface area contributed by atoms with Gasteiger partial charge in [0.05, 0.1) is 6.42 Å². The van der Waals surface area contributed by atoms with Crippen molar-refractivity contribution in [2.45, 2.75) is 24.9 Å². The van der Waals surface area contributed by atoms with E-state index in [1.54, 1.807) is 12.1 Å². The van der Waals surface area contributed by atoms with Crippen LogP contribution in [0.2, 0.25) is 5.02 Å². The maximum atomic E-state index is 12.5. The molecule has 0 aliphatic carbocycles. The highest BCUT2D eigenvalue weighted by atomic mass is 35.5. The molecule has 0 radical (unpaired) electrons. The van der Waals surface area contributed by atoms with E-state index in [0.717, 1.165) is 37.1 Å². The van der Waals surface area contributed by atoms with E-state index in [9.17, 15) is 4.79 Å². The van der Waals surface area contributed by atoms with Gasteiger partial charge in [-0.15, -0.1) is 0 Å². The number of rotatable bonds is 4. The molecule has 2 aromatic rings. The molecule has 0 spiro atoms. The van der Waals surface area contributed by atoms with Crippen LogP contribution < -0.4 is 5.32 Å². The van der Waals surface area contributed by atoms with Gasteiger partial charge in [-0.3, -0.25) is 4.79 Å². The van der Waals surface area contributed by atoms with Gasteiger partial charge in [-0.2, -0.15) is 0 Å². The third-order valence-corrected chi connectivity index (χ3v) is 4.53. The van der Waals surface area contributed by atoms with Crippen LogP contribution in [-0.4, -0.2) is 19.1 Å². The van der Waals surface area contributed by atoms with Crippen LogP contribution in [0.5, 0.6) is 0 Å². The number of carbonyl (C=O) groups excluding carboxylic acids is 1. The zero-order chi connectivity index (χ0) is 16.1. The lowest BCUT2D eigenvalue weighted by atomic mass is 9.84. The fraction of sp³-hybridized carbons (Fsp3) is 0.316. The molecule has 1 heterocycles. The lowest BCUT2D eigenvalue weighted by molar-refractivity contribution is -0.163. The minimum absolute atomic E-state index is 0.196. The van der Waals surface area contributed by atoms with Gasteiger partial charge in [0.15, 0.2) is 0 Å². The van der Waals surface area contributed by atoms with Gasteiger partial charge in [0, 0.05) is 17.9 Å². The second-order valence-corrected chi connectivity index (χ2v) is 6.32. The smallest absolute Gasteiger partial charge is 0.311 e. The van der Waals surface area contributed by atoms with E-state index in [1.165, 1.54) is 0 Å². The molecule has 0 atom stereocenters. The average molecular weight is 330 g/mol. The van der Waals surface area contributed by atoms with Gasteiger partial charge in [-0.25, -0.2) is 0 Å². The maximum absolute atomic E-state index is 12.5. The summed E-state index contributed by atoms with van der Waals surface area (Å²) in [5.41, 5.74) is 1.47. The highest BCUT2D eigenvalue weighted by Crippen LogP contribution is 2.35. The molecule has 0 unspecified atom stereocenters. The number of hydrogen-bond donors (Lipinski definition) is 1. The lowest BCUT2D eigenvalue weighted by Crippen LogP contribution is -2.43. The molecular formula is C19H20ClNO2. The minimum atomic E-state index is -0.518. The van der Waals surface area contributed by atoms with Gasteiger partial charge in [-0.1, -0.05) is 54.1 Å². The van der Waals surface area contributed by atoms with Crippen molar-refractivity contribution in [2.24, 2.45) is 0 Å². The molecule has 1 aliphatic rings. The predicted molar refractivity (Wildman–Crippen MR) is 91.5 cm³/mol. The summed E-state index contributed by atoms with van der Waals surface area (Å²) in [5, 5.41) is 4.00. The molecule has 4 heteroatoms. The number of benzene rings is 2. The first kappa shape index (κ1) is 16.0. The summed E-state index contributed by atoms with van der Waals surface area (Å²) in [6.07, 6.45) is 1.85. The molecule has 2 aromatic carbocycles. The Kier molecular flexibility index (Phi) is 4.99. The molecule has 0 aromatic heterocycles. The fourth-order valence-electron chi connectivity index (χ4n) is 3.05. The number of ether oxygens (including phenoxy) is 1. The molecule has 1 saturated heterocycles. The van der Waals surface area contributed by atoms with E-state index < -0.39 is 5.60 Å². The van der Waals surface area contributed by atoms with Crippen molar-refractivity contribution in [1.29, 1.82) is 0 Å². The van der Waals surface area contributed by atoms with Crippen LogP contribution in [0.3, 0.4) is 0 Å². The normalized spacial score (nSPS) is 16.7. The first-order valence-electron chi connectivity index (χ1n) is 7.90. The molecule has 3 nitrogen and oxygen atoms in total. The van der Waals surface area contributed by atoms with Crippen molar-refractivity contribution < 1.29 is 9.53 Å². The number of piperidine rings is 1. The number of nitrogens with one attached hydrogen (secondary N) is 1. The van der Waals surface area contributed by atoms with E-state index in [0.29, 0.717) is 5.02 Å². The molecule has 0 saturated carbocycles. The Morgan fingerprint density at radius 1 is 1.04 bits per heavy atom. The number of halogens is 1. The van der Waals surface area contributed by atoms with Crippen molar-refractivity contribution in [3.63, 3.8) is 0 Å². The monoisotopic (exact) mass is 329 g/mol. The van der Waals surface area contributed by atoms with Gasteiger partial charge in [0.25, 0.3) is 0 Å². The number of carbonyl (C=O) groups is 1. The number of esters is 1. The van der Waals surface area contributed by atoms with Gasteiger partial charge in [-0.05, 0) is 36.3 Å². The Labute approximate surface area is 141 Å². The van der Waals surface area contributed by atoms with Crippen molar-refractivity contribution in [2.75, 3.05) is 13.1 Å². The van der Waals surface area contributed by atoms with Gasteiger partial charge >= 0.3 is 5.97 Å². The summed E-state index contributed by atoms with van der Waals surface area (Å²) in [6.45, 7) is 1.70. The summed E-state index contributed by atoms with van der Waals surface area (Å²) in [5.74, 6) is -0.196. The standard InChI is InChI=1S/C19H20ClNO2/c20-17-8-6-15(7-9-17)14-18(22)23-19(10-12-21-13-11-19)16-4-2-1-3-5-16/h1-9,21H,10-14H2. The molecule has 23 heavy (non-hydrogen) atoms. The first-order valence-corrected chi connectivity index (χ1v) is 8.28.